The number of para-hydroxylation sites is 2. The highest BCUT2D eigenvalue weighted by Gasteiger charge is 2.25. The number of fused-ring (bicyclic) bond motifs is 2. The number of aromatic nitrogens is 2. The predicted octanol–water partition coefficient (Wildman–Crippen LogP) is 3.99. The highest BCUT2D eigenvalue weighted by Crippen LogP contribution is 2.27. The molecule has 0 saturated carbocycles. The number of amides is 1. The highest BCUT2D eigenvalue weighted by atomic mass is 16.5. The minimum absolute atomic E-state index is 0.0781. The van der Waals surface area contributed by atoms with Crippen LogP contribution in [0, 0.1) is 0 Å². The van der Waals surface area contributed by atoms with Crippen LogP contribution < -0.4 is 4.74 Å². The number of ether oxygens (including phenoxy) is 1. The van der Waals surface area contributed by atoms with Gasteiger partial charge in [0.05, 0.1) is 6.42 Å². The van der Waals surface area contributed by atoms with E-state index in [2.05, 4.69) is 10.1 Å². The number of hydrogen-bond donors (Lipinski definition) is 0. The zero-order valence-corrected chi connectivity index (χ0v) is 16.0. The van der Waals surface area contributed by atoms with Gasteiger partial charge in [-0.15, -0.1) is 0 Å². The van der Waals surface area contributed by atoms with E-state index in [-0.39, 0.29) is 18.4 Å². The third-order valence-corrected chi connectivity index (χ3v) is 5.45. The molecule has 6 heteroatoms. The predicted molar refractivity (Wildman–Crippen MR) is 110 cm³/mol. The van der Waals surface area contributed by atoms with Crippen molar-refractivity contribution in [1.29, 1.82) is 0 Å². The standard InChI is InChI=1S/C23H21N3O3/c27-22(15-19-18-7-1-2-8-20(18)29-25-19)26-13-10-17(11-14-26)28-21-9-3-5-16-6-4-12-24-23(16)21/h1-9,12,17H,10-11,13-15H2. The number of piperidine rings is 1. The number of hydrogen-bond acceptors (Lipinski definition) is 5. The van der Waals surface area contributed by atoms with E-state index >= 15 is 0 Å². The Morgan fingerprint density at radius 2 is 1.90 bits per heavy atom. The van der Waals surface area contributed by atoms with Crippen LogP contribution in [-0.2, 0) is 11.2 Å². The van der Waals surface area contributed by atoms with Crippen LogP contribution in [0.5, 0.6) is 5.75 Å². The zero-order valence-electron chi connectivity index (χ0n) is 16.0. The van der Waals surface area contributed by atoms with E-state index < -0.39 is 0 Å². The van der Waals surface area contributed by atoms with E-state index in [0.29, 0.717) is 24.4 Å². The smallest absolute Gasteiger partial charge is 0.228 e. The SMILES string of the molecule is O=C(Cc1noc2ccccc12)N1CCC(Oc2cccc3cccnc23)CC1. The molecule has 4 aromatic rings. The third kappa shape index (κ3) is 3.53. The molecule has 0 bridgehead atoms. The van der Waals surface area contributed by atoms with Crippen LogP contribution in [-0.4, -0.2) is 40.1 Å². The van der Waals surface area contributed by atoms with Crippen LogP contribution in [0.15, 0.2) is 65.3 Å². The fourth-order valence-corrected chi connectivity index (χ4v) is 3.89. The van der Waals surface area contributed by atoms with E-state index in [1.807, 2.05) is 59.5 Å². The lowest BCUT2D eigenvalue weighted by Crippen LogP contribution is -2.42. The normalized spacial score (nSPS) is 15.1. The maximum Gasteiger partial charge on any atom is 0.228 e. The summed E-state index contributed by atoms with van der Waals surface area (Å²) in [6.45, 7) is 1.36. The molecule has 2 aromatic carbocycles. The van der Waals surface area contributed by atoms with Gasteiger partial charge in [0.2, 0.25) is 5.91 Å². The Morgan fingerprint density at radius 1 is 1.07 bits per heavy atom. The molecule has 3 heterocycles. The molecule has 29 heavy (non-hydrogen) atoms. The van der Waals surface area contributed by atoms with Crippen molar-refractivity contribution >= 4 is 27.8 Å². The van der Waals surface area contributed by atoms with Crippen molar-refractivity contribution in [2.24, 2.45) is 0 Å². The van der Waals surface area contributed by atoms with Gasteiger partial charge in [-0.05, 0) is 24.3 Å². The third-order valence-electron chi connectivity index (χ3n) is 5.45. The van der Waals surface area contributed by atoms with E-state index in [9.17, 15) is 4.79 Å². The maximum atomic E-state index is 12.7. The molecule has 0 radical (unpaired) electrons. The quantitative estimate of drug-likeness (QED) is 0.530. The van der Waals surface area contributed by atoms with Crippen molar-refractivity contribution in [3.05, 3.63) is 66.5 Å². The van der Waals surface area contributed by atoms with Crippen LogP contribution in [0.3, 0.4) is 0 Å². The number of rotatable bonds is 4. The Balaban J connectivity index is 1.21. The minimum Gasteiger partial charge on any atom is -0.488 e. The molecule has 0 spiro atoms. The fourth-order valence-electron chi connectivity index (χ4n) is 3.89. The van der Waals surface area contributed by atoms with Crippen molar-refractivity contribution in [1.82, 2.24) is 15.0 Å². The summed E-state index contributed by atoms with van der Waals surface area (Å²) in [7, 11) is 0. The van der Waals surface area contributed by atoms with Gasteiger partial charge in [-0.1, -0.05) is 35.5 Å². The average molecular weight is 387 g/mol. The number of carbonyl (C=O) groups excluding carboxylic acids is 1. The van der Waals surface area contributed by atoms with Gasteiger partial charge in [-0.2, -0.15) is 0 Å². The maximum absolute atomic E-state index is 12.7. The number of pyridine rings is 1. The molecular formula is C23H21N3O3. The Hall–Kier alpha value is -3.41. The molecule has 0 atom stereocenters. The summed E-state index contributed by atoms with van der Waals surface area (Å²) >= 11 is 0. The van der Waals surface area contributed by atoms with Crippen LogP contribution in [0.1, 0.15) is 18.5 Å². The van der Waals surface area contributed by atoms with Crippen LogP contribution in [0.25, 0.3) is 21.9 Å². The van der Waals surface area contributed by atoms with Crippen LogP contribution in [0.4, 0.5) is 0 Å². The lowest BCUT2D eigenvalue weighted by molar-refractivity contribution is -0.132. The molecule has 146 valence electrons. The van der Waals surface area contributed by atoms with Gasteiger partial charge >= 0.3 is 0 Å². The number of likely N-dealkylation sites (tertiary alicyclic amines) is 1. The molecule has 0 unspecified atom stereocenters. The molecular weight excluding hydrogens is 366 g/mol. The van der Waals surface area contributed by atoms with Gasteiger partial charge < -0.3 is 14.2 Å². The molecule has 5 rings (SSSR count). The Morgan fingerprint density at radius 3 is 2.79 bits per heavy atom. The van der Waals surface area contributed by atoms with Gasteiger partial charge in [0.15, 0.2) is 5.58 Å². The molecule has 2 aromatic heterocycles. The first-order valence-corrected chi connectivity index (χ1v) is 9.89. The van der Waals surface area contributed by atoms with Crippen molar-refractivity contribution < 1.29 is 14.1 Å². The topological polar surface area (TPSA) is 68.5 Å². The Kier molecular flexibility index (Phi) is 4.60. The molecule has 1 fully saturated rings. The van der Waals surface area contributed by atoms with Gasteiger partial charge in [0, 0.05) is 42.9 Å². The molecule has 1 amide bonds. The lowest BCUT2D eigenvalue weighted by atomic mass is 10.1. The summed E-state index contributed by atoms with van der Waals surface area (Å²) in [6.07, 6.45) is 3.72. The second-order valence-corrected chi connectivity index (χ2v) is 7.33. The lowest BCUT2D eigenvalue weighted by Gasteiger charge is -2.32. The molecule has 0 N–H and O–H groups in total. The van der Waals surface area contributed by atoms with Gasteiger partial charge in [0.25, 0.3) is 0 Å². The van der Waals surface area contributed by atoms with Crippen molar-refractivity contribution in [2.45, 2.75) is 25.4 Å². The monoisotopic (exact) mass is 387 g/mol. The van der Waals surface area contributed by atoms with E-state index in [1.54, 1.807) is 6.20 Å². The summed E-state index contributed by atoms with van der Waals surface area (Å²) < 4.78 is 11.5. The minimum atomic E-state index is 0.0781. The zero-order chi connectivity index (χ0) is 19.6. The van der Waals surface area contributed by atoms with Crippen LogP contribution in [0.2, 0.25) is 0 Å². The largest absolute Gasteiger partial charge is 0.488 e. The fraction of sp³-hybridized carbons (Fsp3) is 0.261. The molecule has 1 aliphatic heterocycles. The summed E-state index contributed by atoms with van der Waals surface area (Å²) in [5, 5.41) is 6.05. The van der Waals surface area contributed by atoms with Crippen molar-refractivity contribution in [3.63, 3.8) is 0 Å². The second kappa shape index (κ2) is 7.54. The van der Waals surface area contributed by atoms with Crippen molar-refractivity contribution in [2.75, 3.05) is 13.1 Å². The first-order chi connectivity index (χ1) is 14.3. The van der Waals surface area contributed by atoms with E-state index in [0.717, 1.165) is 34.9 Å². The first-order valence-electron chi connectivity index (χ1n) is 9.89. The number of carbonyl (C=O) groups is 1. The average Bonchev–Trinajstić information content (AvgIpc) is 3.17. The van der Waals surface area contributed by atoms with Gasteiger partial charge in [-0.25, -0.2) is 0 Å². The summed E-state index contributed by atoms with van der Waals surface area (Å²) in [6, 6.07) is 17.6. The molecule has 6 nitrogen and oxygen atoms in total. The number of benzene rings is 2. The van der Waals surface area contributed by atoms with Crippen LogP contribution >= 0.6 is 0 Å². The summed E-state index contributed by atoms with van der Waals surface area (Å²) in [5.41, 5.74) is 2.29. The van der Waals surface area contributed by atoms with E-state index in [4.69, 9.17) is 9.26 Å². The Labute approximate surface area is 168 Å². The van der Waals surface area contributed by atoms with Crippen molar-refractivity contribution in [3.8, 4) is 5.75 Å². The molecule has 1 aliphatic rings. The summed E-state index contributed by atoms with van der Waals surface area (Å²) in [4.78, 5) is 19.1. The molecule has 0 aliphatic carbocycles. The summed E-state index contributed by atoms with van der Waals surface area (Å²) in [5.74, 6) is 0.885. The van der Waals surface area contributed by atoms with Gasteiger partial charge in [-0.3, -0.25) is 9.78 Å². The first kappa shape index (κ1) is 17.7. The molecule has 1 saturated heterocycles. The number of nitrogens with zero attached hydrogens (tertiary/aromatic N) is 3. The Bertz CT molecular complexity index is 1160. The second-order valence-electron chi connectivity index (χ2n) is 7.33. The van der Waals surface area contributed by atoms with Gasteiger partial charge in [0.1, 0.15) is 23.1 Å². The van der Waals surface area contributed by atoms with E-state index in [1.165, 1.54) is 0 Å². The highest BCUT2D eigenvalue weighted by molar-refractivity contribution is 5.86.